The Morgan fingerprint density at radius 3 is 2.29 bits per heavy atom. The van der Waals surface area contributed by atoms with Crippen molar-refractivity contribution in [1.82, 2.24) is 4.98 Å². The quantitative estimate of drug-likeness (QED) is 0.481. The number of fused-ring (bicyclic) bond motifs is 1. The molecule has 0 amide bonds. The fraction of sp³-hybridized carbons (Fsp3) is 0.238. The number of para-hydroxylation sites is 2. The van der Waals surface area contributed by atoms with Gasteiger partial charge in [-0.05, 0) is 30.2 Å². The second kappa shape index (κ2) is 8.84. The zero-order valence-electron chi connectivity index (χ0n) is 15.9. The number of H-pyrrole nitrogens is 1. The van der Waals surface area contributed by atoms with Gasteiger partial charge >= 0.3 is 11.9 Å². The van der Waals surface area contributed by atoms with Crippen LogP contribution in [-0.2, 0) is 25.5 Å². The zero-order chi connectivity index (χ0) is 20.1. The largest absolute Gasteiger partial charge is 0.496 e. The molecule has 0 saturated heterocycles. The van der Waals surface area contributed by atoms with Gasteiger partial charge in [0.05, 0.1) is 31.3 Å². The summed E-state index contributed by atoms with van der Waals surface area (Å²) in [6, 6.07) is 15.4. The lowest BCUT2D eigenvalue weighted by atomic mass is 9.99. The van der Waals surface area contributed by atoms with Crippen LogP contribution in [0.5, 0.6) is 5.75 Å². The highest BCUT2D eigenvalue weighted by atomic mass is 32.2. The first kappa shape index (κ1) is 19.8. The van der Waals surface area contributed by atoms with Crippen molar-refractivity contribution < 1.29 is 23.8 Å². The molecule has 28 heavy (non-hydrogen) atoms. The summed E-state index contributed by atoms with van der Waals surface area (Å²) in [6.45, 7) is 0. The predicted molar refractivity (Wildman–Crippen MR) is 107 cm³/mol. The minimum atomic E-state index is -1.04. The Labute approximate surface area is 167 Å². The van der Waals surface area contributed by atoms with Crippen molar-refractivity contribution >= 4 is 34.6 Å². The van der Waals surface area contributed by atoms with Gasteiger partial charge in [0.15, 0.2) is 5.92 Å². The van der Waals surface area contributed by atoms with Crippen LogP contribution in [0.25, 0.3) is 10.9 Å². The maximum Gasteiger partial charge on any atom is 0.320 e. The van der Waals surface area contributed by atoms with Crippen LogP contribution in [0.2, 0.25) is 0 Å². The molecule has 0 aliphatic rings. The van der Waals surface area contributed by atoms with Gasteiger partial charge < -0.3 is 19.2 Å². The van der Waals surface area contributed by atoms with Gasteiger partial charge in [-0.25, -0.2) is 0 Å². The van der Waals surface area contributed by atoms with Gasteiger partial charge in [0.1, 0.15) is 5.75 Å². The fourth-order valence-electron chi connectivity index (χ4n) is 3.03. The molecule has 0 aliphatic heterocycles. The number of benzene rings is 2. The Kier molecular flexibility index (Phi) is 6.26. The van der Waals surface area contributed by atoms with Crippen LogP contribution in [0.15, 0.2) is 58.5 Å². The van der Waals surface area contributed by atoms with E-state index in [9.17, 15) is 9.59 Å². The number of hydrogen-bond donors (Lipinski definition) is 1. The Morgan fingerprint density at radius 1 is 0.964 bits per heavy atom. The minimum Gasteiger partial charge on any atom is -0.496 e. The molecule has 146 valence electrons. The summed E-state index contributed by atoms with van der Waals surface area (Å²) in [6.07, 6.45) is 0.168. The van der Waals surface area contributed by atoms with Crippen molar-refractivity contribution in [2.24, 2.45) is 5.92 Å². The third-order valence-electron chi connectivity index (χ3n) is 4.44. The topological polar surface area (TPSA) is 77.6 Å². The molecule has 0 unspecified atom stereocenters. The summed E-state index contributed by atoms with van der Waals surface area (Å²) in [5.41, 5.74) is 1.77. The molecule has 3 aromatic rings. The van der Waals surface area contributed by atoms with Crippen molar-refractivity contribution in [1.29, 1.82) is 0 Å². The van der Waals surface area contributed by atoms with Crippen molar-refractivity contribution in [2.45, 2.75) is 16.3 Å². The first-order valence-corrected chi connectivity index (χ1v) is 9.46. The highest BCUT2D eigenvalue weighted by Gasteiger charge is 2.31. The monoisotopic (exact) mass is 399 g/mol. The van der Waals surface area contributed by atoms with E-state index in [1.54, 1.807) is 7.11 Å². The number of hydrogen-bond acceptors (Lipinski definition) is 6. The van der Waals surface area contributed by atoms with Gasteiger partial charge in [0, 0.05) is 10.9 Å². The summed E-state index contributed by atoms with van der Waals surface area (Å²) in [7, 11) is 4.14. The van der Waals surface area contributed by atoms with Crippen LogP contribution in [0.1, 0.15) is 5.56 Å². The first-order valence-electron chi connectivity index (χ1n) is 8.65. The van der Waals surface area contributed by atoms with Crippen molar-refractivity contribution in [3.05, 3.63) is 54.1 Å². The van der Waals surface area contributed by atoms with Crippen LogP contribution >= 0.6 is 11.8 Å². The van der Waals surface area contributed by atoms with Crippen molar-refractivity contribution in [3.63, 3.8) is 0 Å². The molecule has 0 spiro atoms. The maximum atomic E-state index is 12.2. The summed E-state index contributed by atoms with van der Waals surface area (Å²) in [5, 5.41) is 1.78. The smallest absolute Gasteiger partial charge is 0.320 e. The van der Waals surface area contributed by atoms with Gasteiger partial charge in [-0.1, -0.05) is 42.1 Å². The van der Waals surface area contributed by atoms with Gasteiger partial charge in [-0.2, -0.15) is 0 Å². The third kappa shape index (κ3) is 3.99. The molecular formula is C21H21NO5S. The molecular weight excluding hydrogens is 378 g/mol. The van der Waals surface area contributed by atoms with Crippen molar-refractivity contribution in [2.75, 3.05) is 21.3 Å². The molecule has 1 N–H and O–H groups in total. The van der Waals surface area contributed by atoms with E-state index in [4.69, 9.17) is 14.2 Å². The highest BCUT2D eigenvalue weighted by molar-refractivity contribution is 7.99. The number of methoxy groups -OCH3 is 3. The van der Waals surface area contributed by atoms with Gasteiger partial charge in [-0.15, -0.1) is 0 Å². The molecule has 0 saturated carbocycles. The van der Waals surface area contributed by atoms with E-state index in [0.29, 0.717) is 0 Å². The van der Waals surface area contributed by atoms with Crippen LogP contribution in [0.4, 0.5) is 0 Å². The molecule has 7 heteroatoms. The number of aromatic nitrogens is 1. The van der Waals surface area contributed by atoms with E-state index >= 15 is 0 Å². The molecule has 0 atom stereocenters. The fourth-order valence-corrected chi connectivity index (χ4v) is 4.13. The second-order valence-electron chi connectivity index (χ2n) is 6.03. The van der Waals surface area contributed by atoms with Gasteiger partial charge in [0.2, 0.25) is 0 Å². The standard InChI is InChI=1S/C21H21NO5S/c1-25-17-10-6-7-11-18(17)28-19-14(13-8-4-5-9-16(13)22-19)12-15(20(23)26-2)21(24)27-3/h4-11,15,22H,12H2,1-3H3. The minimum absolute atomic E-state index is 0.168. The van der Waals surface area contributed by atoms with Gasteiger partial charge in [0.25, 0.3) is 0 Å². The van der Waals surface area contributed by atoms with Crippen molar-refractivity contribution in [3.8, 4) is 5.75 Å². The number of esters is 2. The molecule has 2 aromatic carbocycles. The highest BCUT2D eigenvalue weighted by Crippen LogP contribution is 2.39. The average molecular weight is 399 g/mol. The van der Waals surface area contributed by atoms with E-state index in [1.165, 1.54) is 26.0 Å². The Hall–Kier alpha value is -2.93. The molecule has 0 aliphatic carbocycles. The summed E-state index contributed by atoms with van der Waals surface area (Å²) in [4.78, 5) is 28.7. The zero-order valence-corrected chi connectivity index (χ0v) is 16.7. The van der Waals surface area contributed by atoms with E-state index in [0.717, 1.165) is 32.1 Å². The average Bonchev–Trinajstić information content (AvgIpc) is 3.08. The molecule has 0 bridgehead atoms. The number of rotatable bonds is 7. The lowest BCUT2D eigenvalue weighted by Gasteiger charge is -2.14. The van der Waals surface area contributed by atoms with E-state index in [-0.39, 0.29) is 6.42 Å². The molecule has 1 heterocycles. The van der Waals surface area contributed by atoms with E-state index in [1.807, 2.05) is 48.5 Å². The third-order valence-corrected chi connectivity index (χ3v) is 5.54. The summed E-state index contributed by atoms with van der Waals surface area (Å²) >= 11 is 1.49. The maximum absolute atomic E-state index is 12.2. The molecule has 0 radical (unpaired) electrons. The van der Waals surface area contributed by atoms with Crippen LogP contribution in [-0.4, -0.2) is 38.3 Å². The molecule has 0 fully saturated rings. The number of ether oxygens (including phenoxy) is 3. The number of carbonyl (C=O) groups excluding carboxylic acids is 2. The lowest BCUT2D eigenvalue weighted by Crippen LogP contribution is -2.28. The lowest BCUT2D eigenvalue weighted by molar-refractivity contribution is -0.158. The Morgan fingerprint density at radius 2 is 1.61 bits per heavy atom. The van der Waals surface area contributed by atoms with Crippen LogP contribution in [0, 0.1) is 5.92 Å². The predicted octanol–water partition coefficient (Wildman–Crippen LogP) is 3.83. The first-order chi connectivity index (χ1) is 13.6. The van der Waals surface area contributed by atoms with E-state index < -0.39 is 17.9 Å². The molecule has 3 rings (SSSR count). The SMILES string of the molecule is COC(=O)C(Cc1c(Sc2ccccc2OC)[nH]c2ccccc12)C(=O)OC. The molecule has 1 aromatic heterocycles. The summed E-state index contributed by atoms with van der Waals surface area (Å²) < 4.78 is 15.1. The second-order valence-corrected chi connectivity index (χ2v) is 7.09. The Bertz CT molecular complexity index is 981. The molecule has 6 nitrogen and oxygen atoms in total. The van der Waals surface area contributed by atoms with Crippen LogP contribution in [0.3, 0.4) is 0 Å². The van der Waals surface area contributed by atoms with Crippen LogP contribution < -0.4 is 4.74 Å². The van der Waals surface area contributed by atoms with Gasteiger partial charge in [-0.3, -0.25) is 9.59 Å². The Balaban J connectivity index is 2.06. The number of carbonyl (C=O) groups is 2. The summed E-state index contributed by atoms with van der Waals surface area (Å²) in [5.74, 6) is -1.53. The van der Waals surface area contributed by atoms with E-state index in [2.05, 4.69) is 4.98 Å². The number of nitrogens with one attached hydrogen (secondary N) is 1. The number of aromatic amines is 1. The normalized spacial score (nSPS) is 10.9.